The molecule has 1 saturated heterocycles. The number of nitrogens with one attached hydrogen (secondary N) is 1. The van der Waals surface area contributed by atoms with Crippen molar-refractivity contribution >= 4 is 36.7 Å². The van der Waals surface area contributed by atoms with Crippen LogP contribution in [0.5, 0.6) is 0 Å². The van der Waals surface area contributed by atoms with E-state index in [0.29, 0.717) is 34.4 Å². The standard InChI is InChI=1S/C18H18BrN3O3S/c19-16-11-20-9-13-3-1-5-17(18(13)16)26(23,24)22-7-6-14(12-22)21-10-15-4-2-8-25-15/h1-5,8-9,11,14,21H,6-7,10,12H2. The van der Waals surface area contributed by atoms with Gasteiger partial charge < -0.3 is 9.73 Å². The molecule has 2 aromatic heterocycles. The normalized spacial score (nSPS) is 18.6. The number of rotatable bonds is 5. The summed E-state index contributed by atoms with van der Waals surface area (Å²) in [4.78, 5) is 4.44. The van der Waals surface area contributed by atoms with Gasteiger partial charge in [-0.3, -0.25) is 4.98 Å². The first-order chi connectivity index (χ1) is 12.6. The first kappa shape index (κ1) is 17.7. The van der Waals surface area contributed by atoms with Crippen LogP contribution in [0.3, 0.4) is 0 Å². The van der Waals surface area contributed by atoms with E-state index in [0.717, 1.165) is 17.6 Å². The average Bonchev–Trinajstić information content (AvgIpc) is 3.32. The molecular formula is C18H18BrN3O3S. The average molecular weight is 436 g/mol. The summed E-state index contributed by atoms with van der Waals surface area (Å²) in [7, 11) is -3.58. The molecule has 0 radical (unpaired) electrons. The van der Waals surface area contributed by atoms with Crippen LogP contribution >= 0.6 is 15.9 Å². The molecular weight excluding hydrogens is 418 g/mol. The van der Waals surface area contributed by atoms with Crippen molar-refractivity contribution in [3.63, 3.8) is 0 Å². The maximum atomic E-state index is 13.2. The van der Waals surface area contributed by atoms with Crippen LogP contribution in [0.25, 0.3) is 10.8 Å². The molecule has 4 rings (SSSR count). The number of fused-ring (bicyclic) bond motifs is 1. The number of benzene rings is 1. The van der Waals surface area contributed by atoms with Crippen LogP contribution in [0.4, 0.5) is 0 Å². The fourth-order valence-corrected chi connectivity index (χ4v) is 5.71. The number of hydrogen-bond donors (Lipinski definition) is 1. The predicted octanol–water partition coefficient (Wildman–Crippen LogP) is 3.14. The quantitative estimate of drug-likeness (QED) is 0.665. The second kappa shape index (κ2) is 7.11. The second-order valence-corrected chi connectivity index (χ2v) is 9.05. The fraction of sp³-hybridized carbons (Fsp3) is 0.278. The summed E-state index contributed by atoms with van der Waals surface area (Å²) in [5.41, 5.74) is 0. The number of aromatic nitrogens is 1. The van der Waals surface area contributed by atoms with Gasteiger partial charge in [0, 0.05) is 46.8 Å². The zero-order valence-corrected chi connectivity index (χ0v) is 16.3. The Morgan fingerprint density at radius 3 is 2.96 bits per heavy atom. The topological polar surface area (TPSA) is 75.4 Å². The van der Waals surface area contributed by atoms with Gasteiger partial charge in [0.2, 0.25) is 10.0 Å². The number of sulfonamides is 1. The van der Waals surface area contributed by atoms with E-state index in [2.05, 4.69) is 26.2 Å². The monoisotopic (exact) mass is 435 g/mol. The highest BCUT2D eigenvalue weighted by atomic mass is 79.9. The summed E-state index contributed by atoms with van der Waals surface area (Å²) in [6.07, 6.45) is 5.71. The van der Waals surface area contributed by atoms with E-state index in [-0.39, 0.29) is 6.04 Å². The van der Waals surface area contributed by atoms with E-state index >= 15 is 0 Å². The molecule has 1 aliphatic heterocycles. The van der Waals surface area contributed by atoms with Crippen LogP contribution in [-0.4, -0.2) is 36.8 Å². The summed E-state index contributed by atoms with van der Waals surface area (Å²) in [5, 5.41) is 4.84. The molecule has 1 atom stereocenters. The molecule has 1 aromatic carbocycles. The first-order valence-corrected chi connectivity index (χ1v) is 10.6. The van der Waals surface area contributed by atoms with E-state index < -0.39 is 10.0 Å². The Morgan fingerprint density at radius 2 is 2.15 bits per heavy atom. The summed E-state index contributed by atoms with van der Waals surface area (Å²) < 4.78 is 34.0. The van der Waals surface area contributed by atoms with E-state index in [1.54, 1.807) is 35.1 Å². The third-order valence-electron chi connectivity index (χ3n) is 4.61. The molecule has 6 nitrogen and oxygen atoms in total. The Bertz CT molecular complexity index is 1020. The number of nitrogens with zero attached hydrogens (tertiary/aromatic N) is 2. The minimum atomic E-state index is -3.58. The molecule has 0 amide bonds. The fourth-order valence-electron chi connectivity index (χ4n) is 3.28. The lowest BCUT2D eigenvalue weighted by atomic mass is 10.2. The lowest BCUT2D eigenvalue weighted by Gasteiger charge is -2.18. The third-order valence-corrected chi connectivity index (χ3v) is 7.12. The van der Waals surface area contributed by atoms with E-state index in [1.807, 2.05) is 18.2 Å². The van der Waals surface area contributed by atoms with Crippen molar-refractivity contribution in [3.05, 3.63) is 59.2 Å². The lowest BCUT2D eigenvalue weighted by Crippen LogP contribution is -2.35. The van der Waals surface area contributed by atoms with Gasteiger partial charge in [-0.15, -0.1) is 0 Å². The lowest BCUT2D eigenvalue weighted by molar-refractivity contribution is 0.433. The molecule has 0 spiro atoms. The molecule has 26 heavy (non-hydrogen) atoms. The van der Waals surface area contributed by atoms with Crippen molar-refractivity contribution in [2.45, 2.75) is 23.9 Å². The second-order valence-electron chi connectivity index (χ2n) is 6.28. The van der Waals surface area contributed by atoms with Crippen molar-refractivity contribution in [1.29, 1.82) is 0 Å². The molecule has 0 bridgehead atoms. The summed E-state index contributed by atoms with van der Waals surface area (Å²) in [6.45, 7) is 1.54. The van der Waals surface area contributed by atoms with Gasteiger partial charge in [-0.1, -0.05) is 12.1 Å². The molecule has 3 heterocycles. The van der Waals surface area contributed by atoms with Crippen LogP contribution in [0.1, 0.15) is 12.2 Å². The minimum absolute atomic E-state index is 0.106. The van der Waals surface area contributed by atoms with Crippen LogP contribution < -0.4 is 5.32 Å². The predicted molar refractivity (Wildman–Crippen MR) is 102 cm³/mol. The highest BCUT2D eigenvalue weighted by molar-refractivity contribution is 9.10. The van der Waals surface area contributed by atoms with E-state index in [4.69, 9.17) is 4.42 Å². The van der Waals surface area contributed by atoms with Gasteiger partial charge in [-0.25, -0.2) is 8.42 Å². The summed E-state index contributed by atoms with van der Waals surface area (Å²) in [6, 6.07) is 9.13. The molecule has 1 fully saturated rings. The summed E-state index contributed by atoms with van der Waals surface area (Å²) >= 11 is 3.44. The van der Waals surface area contributed by atoms with E-state index in [1.165, 1.54) is 0 Å². The maximum Gasteiger partial charge on any atom is 0.243 e. The van der Waals surface area contributed by atoms with Gasteiger partial charge in [0.05, 0.1) is 17.7 Å². The van der Waals surface area contributed by atoms with Gasteiger partial charge in [-0.2, -0.15) is 4.31 Å². The van der Waals surface area contributed by atoms with Gasteiger partial charge >= 0.3 is 0 Å². The van der Waals surface area contributed by atoms with E-state index in [9.17, 15) is 8.42 Å². The van der Waals surface area contributed by atoms with Crippen molar-refractivity contribution < 1.29 is 12.8 Å². The number of furan rings is 1. The molecule has 1 aliphatic rings. The molecule has 0 aliphatic carbocycles. The minimum Gasteiger partial charge on any atom is -0.468 e. The zero-order valence-electron chi connectivity index (χ0n) is 13.9. The van der Waals surface area contributed by atoms with Gasteiger partial charge in [-0.05, 0) is 40.5 Å². The Labute approximate surface area is 160 Å². The van der Waals surface area contributed by atoms with Crippen molar-refractivity contribution in [2.24, 2.45) is 0 Å². The molecule has 8 heteroatoms. The highest BCUT2D eigenvalue weighted by Gasteiger charge is 2.33. The largest absolute Gasteiger partial charge is 0.468 e. The Kier molecular flexibility index (Phi) is 4.83. The van der Waals surface area contributed by atoms with Crippen molar-refractivity contribution in [1.82, 2.24) is 14.6 Å². The SMILES string of the molecule is O=S(=O)(c1cccc2cncc(Br)c12)N1CCC(NCc2ccco2)C1. The van der Waals surface area contributed by atoms with Gasteiger partial charge in [0.25, 0.3) is 0 Å². The molecule has 1 N–H and O–H groups in total. The summed E-state index contributed by atoms with van der Waals surface area (Å²) in [5.74, 6) is 0.844. The number of halogens is 1. The molecule has 1 unspecified atom stereocenters. The van der Waals surface area contributed by atoms with Crippen LogP contribution in [0, 0.1) is 0 Å². The van der Waals surface area contributed by atoms with Gasteiger partial charge in [0.15, 0.2) is 0 Å². The van der Waals surface area contributed by atoms with Crippen molar-refractivity contribution in [3.8, 4) is 0 Å². The zero-order chi connectivity index (χ0) is 18.1. The Morgan fingerprint density at radius 1 is 1.27 bits per heavy atom. The van der Waals surface area contributed by atoms with Gasteiger partial charge in [0.1, 0.15) is 5.76 Å². The first-order valence-electron chi connectivity index (χ1n) is 8.34. The maximum absolute atomic E-state index is 13.2. The van der Waals surface area contributed by atoms with Crippen LogP contribution in [0.15, 0.2) is 62.8 Å². The molecule has 3 aromatic rings. The van der Waals surface area contributed by atoms with Crippen LogP contribution in [0.2, 0.25) is 0 Å². The molecule has 136 valence electrons. The van der Waals surface area contributed by atoms with Crippen molar-refractivity contribution in [2.75, 3.05) is 13.1 Å². The number of pyridine rings is 1. The highest BCUT2D eigenvalue weighted by Crippen LogP contribution is 2.32. The number of hydrogen-bond acceptors (Lipinski definition) is 5. The Hall–Kier alpha value is -1.74. The Balaban J connectivity index is 1.56. The smallest absolute Gasteiger partial charge is 0.243 e. The molecule has 0 saturated carbocycles. The van der Waals surface area contributed by atoms with Crippen LogP contribution in [-0.2, 0) is 16.6 Å². The third kappa shape index (κ3) is 3.29.